The van der Waals surface area contributed by atoms with Gasteiger partial charge in [0.05, 0.1) is 0 Å². The van der Waals surface area contributed by atoms with Crippen LogP contribution in [0.2, 0.25) is 0 Å². The van der Waals surface area contributed by atoms with E-state index in [0.717, 1.165) is 6.07 Å². The van der Waals surface area contributed by atoms with E-state index in [0.29, 0.717) is 26.2 Å². The SMILES string of the molecule is Cc1ccc(F)c([C@@H](CC(F)F)N2CCNCC2)c1F.Cl. The summed E-state index contributed by atoms with van der Waals surface area (Å²) in [5.74, 6) is -1.47. The van der Waals surface area contributed by atoms with E-state index in [1.165, 1.54) is 13.0 Å². The van der Waals surface area contributed by atoms with Gasteiger partial charge in [-0.25, -0.2) is 17.6 Å². The van der Waals surface area contributed by atoms with E-state index < -0.39 is 30.5 Å². The van der Waals surface area contributed by atoms with Crippen molar-refractivity contribution < 1.29 is 17.6 Å². The summed E-state index contributed by atoms with van der Waals surface area (Å²) in [5, 5.41) is 3.10. The van der Waals surface area contributed by atoms with Crippen molar-refractivity contribution >= 4 is 12.4 Å². The first-order chi connectivity index (χ1) is 9.50. The maximum atomic E-state index is 14.2. The molecule has 0 aromatic heterocycles. The zero-order chi connectivity index (χ0) is 14.7. The highest BCUT2D eigenvalue weighted by atomic mass is 35.5. The average molecular weight is 327 g/mol. The summed E-state index contributed by atoms with van der Waals surface area (Å²) in [5.41, 5.74) is 0.0444. The number of nitrogens with zero attached hydrogens (tertiary/aromatic N) is 1. The number of rotatable bonds is 4. The van der Waals surface area contributed by atoms with Crippen LogP contribution >= 0.6 is 12.4 Å². The van der Waals surface area contributed by atoms with Crippen LogP contribution in [0.3, 0.4) is 0 Å². The van der Waals surface area contributed by atoms with Crippen molar-refractivity contribution in [1.82, 2.24) is 10.2 Å². The molecule has 0 unspecified atom stereocenters. The van der Waals surface area contributed by atoms with E-state index in [4.69, 9.17) is 0 Å². The number of hydrogen-bond acceptors (Lipinski definition) is 2. The first kappa shape index (κ1) is 18.2. The van der Waals surface area contributed by atoms with Crippen molar-refractivity contribution in [1.29, 1.82) is 0 Å². The maximum absolute atomic E-state index is 14.2. The largest absolute Gasteiger partial charge is 0.314 e. The Labute approximate surface area is 127 Å². The summed E-state index contributed by atoms with van der Waals surface area (Å²) < 4.78 is 53.8. The lowest BCUT2D eigenvalue weighted by Crippen LogP contribution is -2.46. The number of hydrogen-bond donors (Lipinski definition) is 1. The van der Waals surface area contributed by atoms with Gasteiger partial charge in [-0.05, 0) is 18.6 Å². The van der Waals surface area contributed by atoms with Gasteiger partial charge in [-0.2, -0.15) is 0 Å². The van der Waals surface area contributed by atoms with Crippen LogP contribution in [-0.4, -0.2) is 37.5 Å². The number of benzene rings is 1. The number of piperazine rings is 1. The van der Waals surface area contributed by atoms with Crippen LogP contribution in [0.1, 0.15) is 23.6 Å². The van der Waals surface area contributed by atoms with E-state index in [9.17, 15) is 17.6 Å². The minimum atomic E-state index is -2.60. The van der Waals surface area contributed by atoms with Gasteiger partial charge in [0, 0.05) is 44.2 Å². The van der Waals surface area contributed by atoms with Crippen molar-refractivity contribution in [2.45, 2.75) is 25.8 Å². The van der Waals surface area contributed by atoms with E-state index in [-0.39, 0.29) is 23.5 Å². The second-order valence-electron chi connectivity index (χ2n) is 5.02. The van der Waals surface area contributed by atoms with Crippen LogP contribution in [0, 0.1) is 18.6 Å². The van der Waals surface area contributed by atoms with Crippen LogP contribution in [0.5, 0.6) is 0 Å². The van der Waals surface area contributed by atoms with E-state index in [1.807, 2.05) is 0 Å². The minimum Gasteiger partial charge on any atom is -0.314 e. The fourth-order valence-corrected chi connectivity index (χ4v) is 2.60. The summed E-state index contributed by atoms with van der Waals surface area (Å²) >= 11 is 0. The lowest BCUT2D eigenvalue weighted by Gasteiger charge is -2.35. The van der Waals surface area contributed by atoms with Crippen LogP contribution < -0.4 is 5.32 Å². The Morgan fingerprint density at radius 3 is 2.38 bits per heavy atom. The molecule has 1 aliphatic heterocycles. The van der Waals surface area contributed by atoms with Crippen molar-refractivity contribution in [3.8, 4) is 0 Å². The summed E-state index contributed by atoms with van der Waals surface area (Å²) in [6.45, 7) is 3.79. The number of halogens is 5. The zero-order valence-electron chi connectivity index (χ0n) is 11.7. The molecule has 0 saturated carbocycles. The Bertz CT molecular complexity index is 465. The summed E-state index contributed by atoms with van der Waals surface area (Å²) in [6, 6.07) is 1.55. The Morgan fingerprint density at radius 1 is 1.19 bits per heavy atom. The highest BCUT2D eigenvalue weighted by Gasteiger charge is 2.30. The van der Waals surface area contributed by atoms with Gasteiger partial charge in [-0.1, -0.05) is 6.07 Å². The van der Waals surface area contributed by atoms with Gasteiger partial charge in [0.15, 0.2) is 0 Å². The van der Waals surface area contributed by atoms with Crippen LogP contribution in [0.15, 0.2) is 12.1 Å². The first-order valence-electron chi connectivity index (χ1n) is 6.68. The third kappa shape index (κ3) is 4.31. The lowest BCUT2D eigenvalue weighted by atomic mass is 9.98. The lowest BCUT2D eigenvalue weighted by molar-refractivity contribution is 0.0709. The van der Waals surface area contributed by atoms with E-state index >= 15 is 0 Å². The average Bonchev–Trinajstić information content (AvgIpc) is 2.43. The highest BCUT2D eigenvalue weighted by molar-refractivity contribution is 5.85. The quantitative estimate of drug-likeness (QED) is 0.854. The topological polar surface area (TPSA) is 15.3 Å². The van der Waals surface area contributed by atoms with Crippen LogP contribution in [-0.2, 0) is 0 Å². The molecule has 1 aromatic rings. The predicted molar refractivity (Wildman–Crippen MR) is 76.1 cm³/mol. The molecule has 1 heterocycles. The molecule has 7 heteroatoms. The fraction of sp³-hybridized carbons (Fsp3) is 0.571. The molecule has 1 saturated heterocycles. The predicted octanol–water partition coefficient (Wildman–Crippen LogP) is 3.30. The third-order valence-corrected chi connectivity index (χ3v) is 3.65. The standard InChI is InChI=1S/C14H18F4N2.ClH/c1-9-2-3-10(15)13(14(9)18)11(8-12(16)17)20-6-4-19-5-7-20;/h2-3,11-12,19H,4-8H2,1H3;1H/t11-;/m1./s1. The molecule has 2 rings (SSSR count). The summed E-state index contributed by atoms with van der Waals surface area (Å²) in [6.07, 6.45) is -3.16. The number of alkyl halides is 2. The molecule has 2 nitrogen and oxygen atoms in total. The first-order valence-corrected chi connectivity index (χ1v) is 6.68. The molecule has 1 aliphatic rings. The van der Waals surface area contributed by atoms with Crippen molar-refractivity contribution in [3.63, 3.8) is 0 Å². The molecule has 21 heavy (non-hydrogen) atoms. The van der Waals surface area contributed by atoms with Gasteiger partial charge in [-0.15, -0.1) is 12.4 Å². The summed E-state index contributed by atoms with van der Waals surface area (Å²) in [4.78, 5) is 1.73. The number of nitrogens with one attached hydrogen (secondary N) is 1. The fourth-order valence-electron chi connectivity index (χ4n) is 2.60. The molecule has 120 valence electrons. The van der Waals surface area contributed by atoms with Gasteiger partial charge >= 0.3 is 0 Å². The Morgan fingerprint density at radius 2 is 1.81 bits per heavy atom. The van der Waals surface area contributed by atoms with Crippen molar-refractivity contribution in [2.24, 2.45) is 0 Å². The Hall–Kier alpha value is -0.850. The molecular formula is C14H19ClF4N2. The van der Waals surface area contributed by atoms with Gasteiger partial charge < -0.3 is 5.32 Å². The second-order valence-corrected chi connectivity index (χ2v) is 5.02. The van der Waals surface area contributed by atoms with Crippen LogP contribution in [0.4, 0.5) is 17.6 Å². The third-order valence-electron chi connectivity index (χ3n) is 3.65. The molecule has 0 aliphatic carbocycles. The van der Waals surface area contributed by atoms with Gasteiger partial charge in [0.25, 0.3) is 0 Å². The van der Waals surface area contributed by atoms with E-state index in [1.54, 1.807) is 4.90 Å². The molecule has 0 spiro atoms. The monoisotopic (exact) mass is 326 g/mol. The smallest absolute Gasteiger partial charge is 0.240 e. The molecule has 1 aromatic carbocycles. The van der Waals surface area contributed by atoms with Crippen molar-refractivity contribution in [3.05, 3.63) is 34.9 Å². The van der Waals surface area contributed by atoms with Crippen molar-refractivity contribution in [2.75, 3.05) is 26.2 Å². The molecule has 0 amide bonds. The second kappa shape index (κ2) is 7.96. The van der Waals surface area contributed by atoms with Gasteiger partial charge in [-0.3, -0.25) is 4.90 Å². The van der Waals surface area contributed by atoms with Gasteiger partial charge in [0.1, 0.15) is 11.6 Å². The van der Waals surface area contributed by atoms with E-state index in [2.05, 4.69) is 5.32 Å². The molecule has 1 atom stereocenters. The Balaban J connectivity index is 0.00000220. The normalized spacial score (nSPS) is 17.6. The maximum Gasteiger partial charge on any atom is 0.240 e. The molecule has 0 bridgehead atoms. The zero-order valence-corrected chi connectivity index (χ0v) is 12.5. The summed E-state index contributed by atoms with van der Waals surface area (Å²) in [7, 11) is 0. The molecule has 1 N–H and O–H groups in total. The number of aryl methyl sites for hydroxylation is 1. The minimum absolute atomic E-state index is 0. The van der Waals surface area contributed by atoms with Crippen LogP contribution in [0.25, 0.3) is 0 Å². The van der Waals surface area contributed by atoms with Gasteiger partial charge in [0.2, 0.25) is 6.43 Å². The highest BCUT2D eigenvalue weighted by Crippen LogP contribution is 2.32. The molecular weight excluding hydrogens is 308 g/mol. The molecule has 0 radical (unpaired) electrons. The molecule has 1 fully saturated rings. The Kier molecular flexibility index (Phi) is 6.90.